The fourth-order valence-electron chi connectivity index (χ4n) is 2.49. The van der Waals surface area contributed by atoms with Crippen LogP contribution in [0, 0.1) is 0 Å². The molecule has 1 aromatic carbocycles. The second-order valence-electron chi connectivity index (χ2n) is 5.65. The quantitative estimate of drug-likeness (QED) is 0.722. The molecule has 0 bridgehead atoms. The minimum Gasteiger partial charge on any atom is -0.497 e. The van der Waals surface area contributed by atoms with Crippen LogP contribution in [0.3, 0.4) is 0 Å². The van der Waals surface area contributed by atoms with E-state index in [1.54, 1.807) is 26.2 Å². The Morgan fingerprint density at radius 3 is 2.65 bits per heavy atom. The van der Waals surface area contributed by atoms with Gasteiger partial charge in [-0.1, -0.05) is 0 Å². The summed E-state index contributed by atoms with van der Waals surface area (Å²) in [5.74, 6) is -0.703. The summed E-state index contributed by atoms with van der Waals surface area (Å²) >= 11 is 0. The monoisotopic (exact) mass is 320 g/mol. The fourth-order valence-corrected chi connectivity index (χ4v) is 2.49. The van der Waals surface area contributed by atoms with Gasteiger partial charge in [0.15, 0.2) is 0 Å². The molecule has 23 heavy (non-hydrogen) atoms. The maximum Gasteiger partial charge on any atom is 0.305 e. The average molecular weight is 320 g/mol. The summed E-state index contributed by atoms with van der Waals surface area (Å²) < 4.78 is 10.2. The number of fused-ring (bicyclic) bond motifs is 1. The van der Waals surface area contributed by atoms with Crippen LogP contribution in [-0.2, 0) is 9.53 Å². The van der Waals surface area contributed by atoms with E-state index in [0.717, 1.165) is 10.9 Å². The van der Waals surface area contributed by atoms with Crippen LogP contribution in [0.2, 0.25) is 0 Å². The van der Waals surface area contributed by atoms with Crippen molar-refractivity contribution in [3.8, 4) is 5.75 Å². The summed E-state index contributed by atoms with van der Waals surface area (Å²) in [7, 11) is 3.03. The van der Waals surface area contributed by atoms with Crippen molar-refractivity contribution in [2.75, 3.05) is 20.8 Å². The summed E-state index contributed by atoms with van der Waals surface area (Å²) in [4.78, 5) is 26.4. The van der Waals surface area contributed by atoms with Gasteiger partial charge in [-0.15, -0.1) is 0 Å². The molecule has 0 spiro atoms. The molecule has 2 rings (SSSR count). The number of ether oxygens (including phenoxy) is 2. The Labute approximate surface area is 133 Å². The molecular weight excluding hydrogens is 300 g/mol. The zero-order valence-corrected chi connectivity index (χ0v) is 13.3. The van der Waals surface area contributed by atoms with Crippen LogP contribution in [-0.4, -0.2) is 48.3 Å². The number of aromatic amines is 1. The van der Waals surface area contributed by atoms with E-state index in [4.69, 9.17) is 14.6 Å². The Morgan fingerprint density at radius 1 is 1.30 bits per heavy atom. The number of rotatable bonds is 7. The van der Waals surface area contributed by atoms with Gasteiger partial charge < -0.3 is 24.9 Å². The predicted octanol–water partition coefficient (Wildman–Crippen LogP) is 1.79. The summed E-state index contributed by atoms with van der Waals surface area (Å²) in [6.45, 7) is 1.73. The first kappa shape index (κ1) is 16.8. The molecule has 0 saturated heterocycles. The Bertz CT molecular complexity index is 724. The van der Waals surface area contributed by atoms with E-state index >= 15 is 0 Å². The van der Waals surface area contributed by atoms with Crippen molar-refractivity contribution in [1.29, 1.82) is 0 Å². The lowest BCUT2D eigenvalue weighted by Crippen LogP contribution is -2.50. The van der Waals surface area contributed by atoms with E-state index in [9.17, 15) is 9.59 Å². The van der Waals surface area contributed by atoms with Gasteiger partial charge in [-0.25, -0.2) is 0 Å². The molecule has 7 heteroatoms. The SMILES string of the molecule is COCC(C)(CC(=O)O)NC(=O)c1cc2cc(OC)ccc2[nH]1. The van der Waals surface area contributed by atoms with E-state index in [-0.39, 0.29) is 18.9 Å². The molecule has 0 aliphatic heterocycles. The van der Waals surface area contributed by atoms with Crippen LogP contribution in [0.5, 0.6) is 5.75 Å². The number of carbonyl (C=O) groups excluding carboxylic acids is 1. The Balaban J connectivity index is 2.23. The number of benzene rings is 1. The van der Waals surface area contributed by atoms with E-state index in [1.165, 1.54) is 7.11 Å². The third-order valence-corrected chi connectivity index (χ3v) is 3.49. The van der Waals surface area contributed by atoms with E-state index in [0.29, 0.717) is 11.4 Å². The highest BCUT2D eigenvalue weighted by atomic mass is 16.5. The number of carboxylic acids is 1. The van der Waals surface area contributed by atoms with Crippen LogP contribution in [0.4, 0.5) is 0 Å². The van der Waals surface area contributed by atoms with Crippen LogP contribution in [0.1, 0.15) is 23.8 Å². The number of methoxy groups -OCH3 is 2. The number of carbonyl (C=O) groups is 2. The fraction of sp³-hybridized carbons (Fsp3) is 0.375. The number of carboxylic acid groups (broad SMARTS) is 1. The molecule has 1 aromatic heterocycles. The van der Waals surface area contributed by atoms with Gasteiger partial charge in [0.25, 0.3) is 5.91 Å². The van der Waals surface area contributed by atoms with Gasteiger partial charge in [-0.05, 0) is 31.2 Å². The van der Waals surface area contributed by atoms with Crippen molar-refractivity contribution in [2.24, 2.45) is 0 Å². The van der Waals surface area contributed by atoms with Crippen LogP contribution >= 0.6 is 0 Å². The van der Waals surface area contributed by atoms with Gasteiger partial charge in [0.05, 0.1) is 25.7 Å². The van der Waals surface area contributed by atoms with Gasteiger partial charge in [-0.2, -0.15) is 0 Å². The normalized spacial score (nSPS) is 13.5. The molecule has 2 aromatic rings. The highest BCUT2D eigenvalue weighted by Crippen LogP contribution is 2.22. The van der Waals surface area contributed by atoms with E-state index in [1.807, 2.05) is 12.1 Å². The average Bonchev–Trinajstić information content (AvgIpc) is 2.89. The zero-order valence-electron chi connectivity index (χ0n) is 13.3. The summed E-state index contributed by atoms with van der Waals surface area (Å²) in [5.41, 5.74) is 0.149. The molecule has 7 nitrogen and oxygen atoms in total. The lowest BCUT2D eigenvalue weighted by Gasteiger charge is -2.28. The van der Waals surface area contributed by atoms with Gasteiger partial charge in [-0.3, -0.25) is 9.59 Å². The summed E-state index contributed by atoms with van der Waals surface area (Å²) in [6.07, 6.45) is -0.235. The maximum absolute atomic E-state index is 12.4. The molecule has 0 aliphatic rings. The van der Waals surface area contributed by atoms with Crippen molar-refractivity contribution in [3.05, 3.63) is 30.0 Å². The molecule has 1 amide bonds. The molecule has 0 radical (unpaired) electrons. The van der Waals surface area contributed by atoms with Crippen molar-refractivity contribution in [3.63, 3.8) is 0 Å². The van der Waals surface area contributed by atoms with Crippen LogP contribution < -0.4 is 10.1 Å². The molecule has 1 heterocycles. The van der Waals surface area contributed by atoms with Gasteiger partial charge in [0.1, 0.15) is 11.4 Å². The number of hydrogen-bond acceptors (Lipinski definition) is 4. The molecule has 0 aliphatic carbocycles. The summed E-state index contributed by atoms with van der Waals surface area (Å²) in [5, 5.41) is 12.6. The first-order chi connectivity index (χ1) is 10.9. The molecule has 3 N–H and O–H groups in total. The van der Waals surface area contributed by atoms with Gasteiger partial charge in [0.2, 0.25) is 0 Å². The lowest BCUT2D eigenvalue weighted by atomic mass is 9.98. The topological polar surface area (TPSA) is 101 Å². The predicted molar refractivity (Wildman–Crippen MR) is 84.9 cm³/mol. The van der Waals surface area contributed by atoms with Crippen LogP contribution in [0.15, 0.2) is 24.3 Å². The van der Waals surface area contributed by atoms with E-state index < -0.39 is 11.5 Å². The number of hydrogen-bond donors (Lipinski definition) is 3. The number of aliphatic carboxylic acids is 1. The van der Waals surface area contributed by atoms with Gasteiger partial charge in [0, 0.05) is 18.0 Å². The largest absolute Gasteiger partial charge is 0.497 e. The third kappa shape index (κ3) is 4.01. The third-order valence-electron chi connectivity index (χ3n) is 3.49. The highest BCUT2D eigenvalue weighted by molar-refractivity contribution is 5.98. The summed E-state index contributed by atoms with van der Waals surface area (Å²) in [6, 6.07) is 7.12. The van der Waals surface area contributed by atoms with Crippen molar-refractivity contribution >= 4 is 22.8 Å². The maximum atomic E-state index is 12.4. The second-order valence-corrected chi connectivity index (χ2v) is 5.65. The number of H-pyrrole nitrogens is 1. The lowest BCUT2D eigenvalue weighted by molar-refractivity contribution is -0.139. The van der Waals surface area contributed by atoms with Crippen molar-refractivity contribution in [1.82, 2.24) is 10.3 Å². The molecule has 0 fully saturated rings. The molecule has 1 unspecified atom stereocenters. The van der Waals surface area contributed by atoms with Crippen LogP contribution in [0.25, 0.3) is 10.9 Å². The number of nitrogens with one attached hydrogen (secondary N) is 2. The zero-order chi connectivity index (χ0) is 17.0. The molecule has 0 saturated carbocycles. The molecule has 1 atom stereocenters. The minimum absolute atomic E-state index is 0.0963. The first-order valence-electron chi connectivity index (χ1n) is 7.07. The van der Waals surface area contributed by atoms with Crippen molar-refractivity contribution < 1.29 is 24.2 Å². The standard InChI is InChI=1S/C16H20N2O5/c1-16(9-22-2,8-14(19)20)18-15(21)13-7-10-6-11(23-3)4-5-12(10)17-13/h4-7,17H,8-9H2,1-3H3,(H,18,21)(H,19,20). The van der Waals surface area contributed by atoms with Gasteiger partial charge >= 0.3 is 5.97 Å². The number of amides is 1. The Morgan fingerprint density at radius 2 is 2.04 bits per heavy atom. The Kier molecular flexibility index (Phi) is 4.90. The first-order valence-corrected chi connectivity index (χ1v) is 7.07. The molecule has 124 valence electrons. The second kappa shape index (κ2) is 6.70. The van der Waals surface area contributed by atoms with E-state index in [2.05, 4.69) is 10.3 Å². The smallest absolute Gasteiger partial charge is 0.305 e. The molecular formula is C16H20N2O5. The van der Waals surface area contributed by atoms with Crippen molar-refractivity contribution in [2.45, 2.75) is 18.9 Å². The minimum atomic E-state index is -1.01. The Hall–Kier alpha value is -2.54. The highest BCUT2D eigenvalue weighted by Gasteiger charge is 2.30. The number of aromatic nitrogens is 1.